The lowest BCUT2D eigenvalue weighted by atomic mass is 10.2. The summed E-state index contributed by atoms with van der Waals surface area (Å²) in [4.78, 5) is 14.0. The summed E-state index contributed by atoms with van der Waals surface area (Å²) in [6.45, 7) is 4.93. The van der Waals surface area contributed by atoms with Gasteiger partial charge in [-0.25, -0.2) is 4.79 Å². The van der Waals surface area contributed by atoms with Gasteiger partial charge in [0.15, 0.2) is 0 Å². The second-order valence-electron chi connectivity index (χ2n) is 5.14. The summed E-state index contributed by atoms with van der Waals surface area (Å²) in [6, 6.07) is 7.92. The van der Waals surface area contributed by atoms with Crippen molar-refractivity contribution in [1.82, 2.24) is 10.2 Å². The molecule has 2 amide bonds. The predicted molar refractivity (Wildman–Crippen MR) is 79.9 cm³/mol. The van der Waals surface area contributed by atoms with E-state index >= 15 is 0 Å². The fraction of sp³-hybridized carbons (Fsp3) is 0.562. The standard InChI is InChI=1S/C16H24N2O2/c1-2-20-15-9-7-8-14(12-15)13-17-16(19)18-10-5-3-4-6-11-18/h7-9,12H,2-6,10-11,13H2,1H3,(H,17,19). The van der Waals surface area contributed by atoms with E-state index in [1.54, 1.807) is 0 Å². The third-order valence-electron chi connectivity index (χ3n) is 3.55. The van der Waals surface area contributed by atoms with Crippen LogP contribution >= 0.6 is 0 Å². The van der Waals surface area contributed by atoms with Crippen molar-refractivity contribution in [3.05, 3.63) is 29.8 Å². The van der Waals surface area contributed by atoms with E-state index in [1.807, 2.05) is 36.1 Å². The summed E-state index contributed by atoms with van der Waals surface area (Å²) in [5.41, 5.74) is 1.07. The molecule has 0 atom stereocenters. The number of carbonyl (C=O) groups excluding carboxylic acids is 1. The third kappa shape index (κ3) is 4.44. The lowest BCUT2D eigenvalue weighted by Crippen LogP contribution is -2.40. The molecule has 1 saturated heterocycles. The highest BCUT2D eigenvalue weighted by Crippen LogP contribution is 2.13. The molecule has 0 bridgehead atoms. The molecule has 0 unspecified atom stereocenters. The fourth-order valence-corrected chi connectivity index (χ4v) is 2.48. The minimum absolute atomic E-state index is 0.0497. The molecule has 0 aliphatic carbocycles. The van der Waals surface area contributed by atoms with Crippen LogP contribution in [-0.4, -0.2) is 30.6 Å². The maximum atomic E-state index is 12.1. The number of benzene rings is 1. The van der Waals surface area contributed by atoms with E-state index in [1.165, 1.54) is 12.8 Å². The highest BCUT2D eigenvalue weighted by molar-refractivity contribution is 5.74. The van der Waals surface area contributed by atoms with E-state index in [0.29, 0.717) is 13.2 Å². The molecular formula is C16H24N2O2. The Morgan fingerprint density at radius 3 is 2.70 bits per heavy atom. The van der Waals surface area contributed by atoms with E-state index in [9.17, 15) is 4.79 Å². The average Bonchev–Trinajstić information content (AvgIpc) is 2.75. The van der Waals surface area contributed by atoms with Crippen LogP contribution in [0.25, 0.3) is 0 Å². The van der Waals surface area contributed by atoms with Crippen LogP contribution in [0.1, 0.15) is 38.2 Å². The summed E-state index contributed by atoms with van der Waals surface area (Å²) in [5.74, 6) is 0.856. The lowest BCUT2D eigenvalue weighted by molar-refractivity contribution is 0.199. The minimum Gasteiger partial charge on any atom is -0.494 e. The van der Waals surface area contributed by atoms with Gasteiger partial charge in [-0.1, -0.05) is 25.0 Å². The van der Waals surface area contributed by atoms with Crippen LogP contribution in [-0.2, 0) is 6.54 Å². The molecule has 4 heteroatoms. The van der Waals surface area contributed by atoms with Gasteiger partial charge in [-0.3, -0.25) is 0 Å². The van der Waals surface area contributed by atoms with Gasteiger partial charge >= 0.3 is 6.03 Å². The normalized spacial score (nSPS) is 15.6. The van der Waals surface area contributed by atoms with Crippen molar-refractivity contribution >= 4 is 6.03 Å². The summed E-state index contributed by atoms with van der Waals surface area (Å²) in [6.07, 6.45) is 4.71. The maximum absolute atomic E-state index is 12.1. The number of likely N-dealkylation sites (tertiary alicyclic amines) is 1. The van der Waals surface area contributed by atoms with Gasteiger partial charge in [-0.2, -0.15) is 0 Å². The number of rotatable bonds is 4. The van der Waals surface area contributed by atoms with E-state index in [0.717, 1.165) is 37.2 Å². The van der Waals surface area contributed by atoms with Gasteiger partial charge in [0.2, 0.25) is 0 Å². The van der Waals surface area contributed by atoms with Gasteiger partial charge in [-0.05, 0) is 37.5 Å². The molecule has 1 heterocycles. The Labute approximate surface area is 121 Å². The van der Waals surface area contributed by atoms with Crippen molar-refractivity contribution in [1.29, 1.82) is 0 Å². The Hall–Kier alpha value is -1.71. The van der Waals surface area contributed by atoms with Gasteiger partial charge in [-0.15, -0.1) is 0 Å². The van der Waals surface area contributed by atoms with Crippen molar-refractivity contribution in [2.24, 2.45) is 0 Å². The average molecular weight is 276 g/mol. The van der Waals surface area contributed by atoms with Crippen molar-refractivity contribution in [3.63, 3.8) is 0 Å². The van der Waals surface area contributed by atoms with Gasteiger partial charge in [0.1, 0.15) is 5.75 Å². The molecule has 1 aliphatic heterocycles. The zero-order valence-electron chi connectivity index (χ0n) is 12.2. The van der Waals surface area contributed by atoms with Crippen LogP contribution in [0.3, 0.4) is 0 Å². The molecule has 1 fully saturated rings. The number of hydrogen-bond donors (Lipinski definition) is 1. The van der Waals surface area contributed by atoms with Crippen LogP contribution < -0.4 is 10.1 Å². The largest absolute Gasteiger partial charge is 0.494 e. The number of urea groups is 1. The quantitative estimate of drug-likeness (QED) is 0.917. The molecule has 2 rings (SSSR count). The molecule has 110 valence electrons. The Morgan fingerprint density at radius 2 is 2.00 bits per heavy atom. The molecule has 0 spiro atoms. The molecule has 1 aliphatic rings. The zero-order valence-corrected chi connectivity index (χ0v) is 12.2. The molecule has 1 aromatic rings. The number of nitrogens with zero attached hydrogens (tertiary/aromatic N) is 1. The summed E-state index contributed by atoms with van der Waals surface area (Å²) >= 11 is 0. The molecule has 4 nitrogen and oxygen atoms in total. The van der Waals surface area contributed by atoms with Crippen LogP contribution in [0.15, 0.2) is 24.3 Å². The van der Waals surface area contributed by atoms with Gasteiger partial charge in [0.25, 0.3) is 0 Å². The first-order chi connectivity index (χ1) is 9.79. The fourth-order valence-electron chi connectivity index (χ4n) is 2.48. The minimum atomic E-state index is 0.0497. The molecule has 1 aromatic carbocycles. The Kier molecular flexibility index (Phi) is 5.71. The second-order valence-corrected chi connectivity index (χ2v) is 5.14. The zero-order chi connectivity index (χ0) is 14.2. The number of ether oxygens (including phenoxy) is 1. The van der Waals surface area contributed by atoms with E-state index in [2.05, 4.69) is 5.32 Å². The van der Waals surface area contributed by atoms with E-state index in [-0.39, 0.29) is 6.03 Å². The van der Waals surface area contributed by atoms with Crippen LogP contribution in [0.2, 0.25) is 0 Å². The second kappa shape index (κ2) is 7.78. The Bertz CT molecular complexity index is 426. The highest BCUT2D eigenvalue weighted by Gasteiger charge is 2.14. The molecule has 20 heavy (non-hydrogen) atoms. The Balaban J connectivity index is 1.84. The first-order valence-corrected chi connectivity index (χ1v) is 7.54. The molecule has 1 N–H and O–H groups in total. The third-order valence-corrected chi connectivity index (χ3v) is 3.55. The molecule has 0 aromatic heterocycles. The van der Waals surface area contributed by atoms with Crippen molar-refractivity contribution in [2.45, 2.75) is 39.2 Å². The number of hydrogen-bond acceptors (Lipinski definition) is 2. The summed E-state index contributed by atoms with van der Waals surface area (Å²) in [5, 5.41) is 3.00. The monoisotopic (exact) mass is 276 g/mol. The predicted octanol–water partition coefficient (Wildman–Crippen LogP) is 3.17. The Morgan fingerprint density at radius 1 is 1.25 bits per heavy atom. The maximum Gasteiger partial charge on any atom is 0.317 e. The molecule has 0 saturated carbocycles. The lowest BCUT2D eigenvalue weighted by Gasteiger charge is -2.20. The van der Waals surface area contributed by atoms with Crippen LogP contribution in [0, 0.1) is 0 Å². The number of carbonyl (C=O) groups is 1. The highest BCUT2D eigenvalue weighted by atomic mass is 16.5. The van der Waals surface area contributed by atoms with Gasteiger partial charge in [0.05, 0.1) is 6.61 Å². The van der Waals surface area contributed by atoms with Crippen molar-refractivity contribution in [2.75, 3.05) is 19.7 Å². The molecule has 0 radical (unpaired) electrons. The smallest absolute Gasteiger partial charge is 0.317 e. The van der Waals surface area contributed by atoms with Crippen LogP contribution in [0.5, 0.6) is 5.75 Å². The van der Waals surface area contributed by atoms with Crippen molar-refractivity contribution in [3.8, 4) is 5.75 Å². The van der Waals surface area contributed by atoms with Crippen molar-refractivity contribution < 1.29 is 9.53 Å². The first kappa shape index (κ1) is 14.7. The summed E-state index contributed by atoms with van der Waals surface area (Å²) in [7, 11) is 0. The van der Waals surface area contributed by atoms with Crippen LogP contribution in [0.4, 0.5) is 4.79 Å². The topological polar surface area (TPSA) is 41.6 Å². The van der Waals surface area contributed by atoms with Gasteiger partial charge < -0.3 is 15.0 Å². The van der Waals surface area contributed by atoms with Gasteiger partial charge in [0, 0.05) is 19.6 Å². The SMILES string of the molecule is CCOc1cccc(CNC(=O)N2CCCCCC2)c1. The van der Waals surface area contributed by atoms with E-state index < -0.39 is 0 Å². The number of nitrogens with one attached hydrogen (secondary N) is 1. The van der Waals surface area contributed by atoms with E-state index in [4.69, 9.17) is 4.74 Å². The molecular weight excluding hydrogens is 252 g/mol. The summed E-state index contributed by atoms with van der Waals surface area (Å²) < 4.78 is 5.46. The first-order valence-electron chi connectivity index (χ1n) is 7.54. The number of amides is 2.